The molecule has 0 amide bonds. The predicted octanol–water partition coefficient (Wildman–Crippen LogP) is 3.55. The maximum atomic E-state index is 11.0. The van der Waals surface area contributed by atoms with Gasteiger partial charge >= 0.3 is 0 Å². The van der Waals surface area contributed by atoms with Crippen LogP contribution in [0.5, 0.6) is 0 Å². The largest absolute Gasteiger partial charge is 0.288 e. The molecule has 0 aromatic carbocycles. The smallest absolute Gasteiger partial charge is 0.195 e. The Balaban J connectivity index is 2.24. The van der Waals surface area contributed by atoms with Crippen molar-refractivity contribution in [3.05, 3.63) is 0 Å². The number of hydrogen-bond donors (Lipinski definition) is 0. The Morgan fingerprint density at radius 1 is 1.42 bits per heavy atom. The minimum Gasteiger partial charge on any atom is -0.288 e. The molecule has 0 heterocycles. The van der Waals surface area contributed by atoms with Gasteiger partial charge in [0.15, 0.2) is 3.79 Å². The Bertz CT molecular complexity index is 150. The maximum Gasteiger partial charge on any atom is 0.195 e. The van der Waals surface area contributed by atoms with Gasteiger partial charge in [0.25, 0.3) is 0 Å². The Morgan fingerprint density at radius 3 is 2.50 bits per heavy atom. The van der Waals surface area contributed by atoms with Crippen LogP contribution in [0.3, 0.4) is 0 Å². The van der Waals surface area contributed by atoms with Gasteiger partial charge in [-0.2, -0.15) is 0 Å². The molecule has 0 bridgehead atoms. The molecule has 0 saturated heterocycles. The average Bonchev–Trinajstić information content (AvgIpc) is 2.06. The monoisotopic (exact) mass is 280 g/mol. The lowest BCUT2D eigenvalue weighted by Gasteiger charge is -2.23. The summed E-state index contributed by atoms with van der Waals surface area (Å²) in [6.45, 7) is 2.06. The van der Waals surface area contributed by atoms with E-state index in [2.05, 4.69) is 6.92 Å². The first-order valence-electron chi connectivity index (χ1n) is 4.89. The number of rotatable bonds is 3. The highest BCUT2D eigenvalue weighted by Gasteiger charge is 2.18. The molecule has 1 atom stereocenters. The zero-order valence-corrected chi connectivity index (χ0v) is 9.84. The van der Waals surface area contributed by atoms with E-state index < -0.39 is 0 Å². The number of halogens is 1. The highest BCUT2D eigenvalue weighted by atomic mass is 127. The number of carbonyl (C=O) groups excluding carboxylic acids is 1. The van der Waals surface area contributed by atoms with Crippen LogP contribution in [0.4, 0.5) is 0 Å². The van der Waals surface area contributed by atoms with Gasteiger partial charge in [-0.1, -0.05) is 39.0 Å². The van der Waals surface area contributed by atoms with Crippen LogP contribution >= 0.6 is 22.6 Å². The Kier molecular flexibility index (Phi) is 4.54. The van der Waals surface area contributed by atoms with Gasteiger partial charge < -0.3 is 0 Å². The van der Waals surface area contributed by atoms with E-state index >= 15 is 0 Å². The molecular weight excluding hydrogens is 263 g/mol. The Labute approximate surface area is 88.4 Å². The average molecular weight is 280 g/mol. The summed E-state index contributed by atoms with van der Waals surface area (Å²) in [6, 6.07) is 0. The minimum atomic E-state index is 0.286. The normalized spacial score (nSPS) is 22.2. The summed E-state index contributed by atoms with van der Waals surface area (Å²) in [7, 11) is 0. The van der Waals surface area contributed by atoms with Crippen molar-refractivity contribution in [3.8, 4) is 0 Å². The summed E-state index contributed by atoms with van der Waals surface area (Å²) in [4.78, 5) is 11.0. The molecule has 1 aliphatic carbocycles. The minimum absolute atomic E-state index is 0.286. The molecule has 12 heavy (non-hydrogen) atoms. The van der Waals surface area contributed by atoms with Crippen LogP contribution in [0.25, 0.3) is 0 Å². The van der Waals surface area contributed by atoms with E-state index in [4.69, 9.17) is 0 Å². The standard InChI is InChI=1S/C10H17IO/c1-8(10(11)12)7-9-5-3-2-4-6-9/h8-9H,2-7H2,1H3. The lowest BCUT2D eigenvalue weighted by atomic mass is 9.84. The van der Waals surface area contributed by atoms with Gasteiger partial charge in [-0.05, 0) is 34.9 Å². The zero-order valence-electron chi connectivity index (χ0n) is 7.68. The predicted molar refractivity (Wildman–Crippen MR) is 59.4 cm³/mol. The number of hydrogen-bond acceptors (Lipinski definition) is 1. The molecule has 0 aliphatic heterocycles. The summed E-state index contributed by atoms with van der Waals surface area (Å²) in [5.41, 5.74) is 0. The summed E-state index contributed by atoms with van der Waals surface area (Å²) in [6.07, 6.45) is 8.01. The third-order valence-electron chi connectivity index (χ3n) is 2.80. The Hall–Kier alpha value is 0.400. The first-order chi connectivity index (χ1) is 5.70. The van der Waals surface area contributed by atoms with Crippen molar-refractivity contribution in [2.75, 3.05) is 0 Å². The second-order valence-corrected chi connectivity index (χ2v) is 5.01. The second kappa shape index (κ2) is 5.20. The van der Waals surface area contributed by atoms with Crippen molar-refractivity contribution in [2.24, 2.45) is 11.8 Å². The summed E-state index contributed by atoms with van der Waals surface area (Å²) < 4.78 is 0.332. The SMILES string of the molecule is CC(CC1CCCCC1)C(=O)I. The molecule has 1 nitrogen and oxygen atoms in total. The van der Waals surface area contributed by atoms with Crippen LogP contribution in [0.15, 0.2) is 0 Å². The van der Waals surface area contributed by atoms with Crippen molar-refractivity contribution >= 4 is 26.4 Å². The van der Waals surface area contributed by atoms with E-state index in [0.29, 0.717) is 3.79 Å². The van der Waals surface area contributed by atoms with Gasteiger partial charge in [0.1, 0.15) is 0 Å². The summed E-state index contributed by atoms with van der Waals surface area (Å²) in [5, 5.41) is 0. The van der Waals surface area contributed by atoms with E-state index in [1.807, 2.05) is 22.6 Å². The van der Waals surface area contributed by atoms with E-state index in [1.165, 1.54) is 32.1 Å². The van der Waals surface area contributed by atoms with Crippen LogP contribution in [0.1, 0.15) is 45.4 Å². The highest BCUT2D eigenvalue weighted by Crippen LogP contribution is 2.29. The lowest BCUT2D eigenvalue weighted by molar-refractivity contribution is -0.112. The molecule has 1 aliphatic rings. The maximum absolute atomic E-state index is 11.0. The molecule has 1 fully saturated rings. The topological polar surface area (TPSA) is 17.1 Å². The van der Waals surface area contributed by atoms with Gasteiger partial charge in [-0.15, -0.1) is 0 Å². The highest BCUT2D eigenvalue weighted by molar-refractivity contribution is 14.1. The fraction of sp³-hybridized carbons (Fsp3) is 0.900. The zero-order chi connectivity index (χ0) is 8.97. The van der Waals surface area contributed by atoms with Gasteiger partial charge in [0.05, 0.1) is 0 Å². The molecule has 0 aromatic rings. The quantitative estimate of drug-likeness (QED) is 0.570. The molecular formula is C10H17IO. The van der Waals surface area contributed by atoms with E-state index in [1.54, 1.807) is 0 Å². The molecule has 0 N–H and O–H groups in total. The molecule has 0 aromatic heterocycles. The molecule has 70 valence electrons. The number of carbonyl (C=O) groups is 1. The summed E-state index contributed by atoms with van der Waals surface area (Å²) >= 11 is 1.93. The van der Waals surface area contributed by atoms with E-state index in [0.717, 1.165) is 12.3 Å². The molecule has 0 spiro atoms. The van der Waals surface area contributed by atoms with Crippen molar-refractivity contribution in [2.45, 2.75) is 45.4 Å². The van der Waals surface area contributed by atoms with Gasteiger partial charge in [-0.25, -0.2) is 0 Å². The van der Waals surface area contributed by atoms with Crippen molar-refractivity contribution < 1.29 is 4.79 Å². The van der Waals surface area contributed by atoms with Crippen LogP contribution in [-0.2, 0) is 4.79 Å². The molecule has 1 rings (SSSR count). The van der Waals surface area contributed by atoms with Gasteiger partial charge in [0.2, 0.25) is 0 Å². The first kappa shape index (κ1) is 10.5. The molecule has 2 heteroatoms. The van der Waals surface area contributed by atoms with Crippen LogP contribution in [-0.4, -0.2) is 3.79 Å². The molecule has 1 unspecified atom stereocenters. The third kappa shape index (κ3) is 3.42. The molecule has 1 saturated carbocycles. The summed E-state index contributed by atoms with van der Waals surface area (Å²) in [5.74, 6) is 1.13. The first-order valence-corrected chi connectivity index (χ1v) is 5.97. The molecule has 0 radical (unpaired) electrons. The second-order valence-electron chi connectivity index (χ2n) is 3.94. The van der Waals surface area contributed by atoms with Crippen molar-refractivity contribution in [1.29, 1.82) is 0 Å². The van der Waals surface area contributed by atoms with E-state index in [-0.39, 0.29) is 5.92 Å². The van der Waals surface area contributed by atoms with Crippen molar-refractivity contribution in [3.63, 3.8) is 0 Å². The van der Waals surface area contributed by atoms with Gasteiger partial charge in [0, 0.05) is 5.92 Å². The van der Waals surface area contributed by atoms with Crippen LogP contribution in [0.2, 0.25) is 0 Å². The lowest BCUT2D eigenvalue weighted by Crippen LogP contribution is -2.13. The fourth-order valence-electron chi connectivity index (χ4n) is 2.02. The van der Waals surface area contributed by atoms with Crippen LogP contribution in [0, 0.1) is 11.8 Å². The van der Waals surface area contributed by atoms with Crippen LogP contribution < -0.4 is 0 Å². The van der Waals surface area contributed by atoms with Crippen molar-refractivity contribution in [1.82, 2.24) is 0 Å². The Morgan fingerprint density at radius 2 is 2.00 bits per heavy atom. The third-order valence-corrected chi connectivity index (χ3v) is 3.86. The van der Waals surface area contributed by atoms with E-state index in [9.17, 15) is 4.79 Å². The fourth-order valence-corrected chi connectivity index (χ4v) is 2.27. The van der Waals surface area contributed by atoms with Gasteiger partial charge in [-0.3, -0.25) is 4.79 Å².